The maximum absolute atomic E-state index is 8.40. The van der Waals surface area contributed by atoms with Crippen molar-refractivity contribution >= 4 is 121 Å². The van der Waals surface area contributed by atoms with Crippen LogP contribution in [0.5, 0.6) is 0 Å². The predicted molar refractivity (Wildman–Crippen MR) is 427 cm³/mol. The highest BCUT2D eigenvalue weighted by atomic mass is 15.1. The van der Waals surface area contributed by atoms with Crippen LogP contribution in [0.25, 0.3) is 30.4 Å². The van der Waals surface area contributed by atoms with E-state index in [9.17, 15) is 0 Å². The predicted octanol–water partition coefficient (Wildman–Crippen LogP) is 9.30. The molecular weight excluding hydrogens is 1220 g/mol. The fourth-order valence-corrected chi connectivity index (χ4v) is 13.7. The van der Waals surface area contributed by atoms with Gasteiger partial charge in [-0.2, -0.15) is 0 Å². The zero-order chi connectivity index (χ0) is 76.9. The van der Waals surface area contributed by atoms with Gasteiger partial charge in [0.15, 0.2) is 59.0 Å². The third kappa shape index (κ3) is 16.1. The summed E-state index contributed by atoms with van der Waals surface area (Å²) in [5, 5.41) is 0. The second-order valence-corrected chi connectivity index (χ2v) is 26.8. The van der Waals surface area contributed by atoms with Crippen molar-refractivity contribution in [3.05, 3.63) is 288 Å². The van der Waals surface area contributed by atoms with E-state index in [0.29, 0.717) is 5.56 Å². The first-order valence-corrected chi connectivity index (χ1v) is 34.5. The van der Waals surface area contributed by atoms with Crippen LogP contribution in [-0.4, -0.2) is 79.4 Å². The van der Waals surface area contributed by atoms with Gasteiger partial charge in [0.25, 0.3) is 0 Å². The standard InChI is InChI=1S/C19H24BN2.2C18H22BN2.2C14H15BN3/c1-15(2)13-16-10-12-21(3)19(14-16)20-11-9-17-7-5-6-8-18(17)22(20)4;2*1-14(2)16-10-12-20(3)18(13-16)19-11-9-15-7-5-6-8-17(15)21(19)4;1-17-11-4-3-7-14(17)15-9-8-12-13(18(15)2)6-5-10-16-12;1-17-10-4-3-5-14(17)15-8-6-12-11-16-9-7-13(12)18(15)2/h5-12,14-15H,13H2,1-4H3;2*5-14H,1-4H3;2*3-11H,1-2H3/q5*+1/i13D2;1D3,14D;14D;;. The van der Waals surface area contributed by atoms with Gasteiger partial charge in [-0.15, -0.1) is 0 Å². The van der Waals surface area contributed by atoms with Crippen LogP contribution in [0.1, 0.15) is 107 Å². The lowest BCUT2D eigenvalue weighted by Crippen LogP contribution is -2.60. The number of hydrogen-bond acceptors (Lipinski definition) is 7. The zero-order valence-electron chi connectivity index (χ0n) is 67.8. The van der Waals surface area contributed by atoms with Crippen molar-refractivity contribution in [1.29, 1.82) is 0 Å². The van der Waals surface area contributed by atoms with E-state index in [4.69, 9.17) is 9.60 Å². The Kier molecular flexibility index (Phi) is 19.9. The van der Waals surface area contributed by atoms with Crippen LogP contribution in [0.2, 0.25) is 0 Å². The molecule has 12 nitrogen and oxygen atoms in total. The summed E-state index contributed by atoms with van der Waals surface area (Å²) in [7, 11) is 20.7. The number of pyridine rings is 7. The lowest BCUT2D eigenvalue weighted by atomic mass is 9.54. The van der Waals surface area contributed by atoms with Crippen LogP contribution >= 0.6 is 0 Å². The minimum Gasteiger partial charge on any atom is -0.405 e. The first-order chi connectivity index (χ1) is 50.9. The van der Waals surface area contributed by atoms with Crippen molar-refractivity contribution in [2.24, 2.45) is 41.2 Å². The minimum absolute atomic E-state index is 0.0211. The van der Waals surface area contributed by atoms with Gasteiger partial charge in [-0.05, 0) is 147 Å². The molecule has 0 spiro atoms. The number of nitrogens with zero attached hydrogens (tertiary/aromatic N) is 12. The van der Waals surface area contributed by atoms with E-state index in [0.717, 1.165) is 39.3 Å². The van der Waals surface area contributed by atoms with Gasteiger partial charge in [0.2, 0.25) is 0 Å². The Hall–Kier alpha value is -10.3. The molecule has 5 aliphatic heterocycles. The number of fused-ring (bicyclic) bond motifs is 5. The second kappa shape index (κ2) is 32.2. The molecule has 7 aromatic heterocycles. The van der Waals surface area contributed by atoms with Crippen LogP contribution in [0.4, 0.5) is 28.4 Å². The van der Waals surface area contributed by atoms with E-state index in [-0.39, 0.29) is 40.2 Å². The van der Waals surface area contributed by atoms with Crippen molar-refractivity contribution in [2.75, 3.05) is 59.3 Å². The molecule has 5 aliphatic rings. The first kappa shape index (κ1) is 62.0. The number of aryl methyl sites for hydroxylation is 5. The highest BCUT2D eigenvalue weighted by Crippen LogP contribution is 2.30. The summed E-state index contributed by atoms with van der Waals surface area (Å²) in [6.07, 6.45) is 25.0. The van der Waals surface area contributed by atoms with Crippen LogP contribution in [0.15, 0.2) is 243 Å². The van der Waals surface area contributed by atoms with E-state index >= 15 is 0 Å². The molecule has 0 bridgehead atoms. The Morgan fingerprint density at radius 2 is 0.770 bits per heavy atom. The highest BCUT2D eigenvalue weighted by Gasteiger charge is 2.37. The normalized spacial score (nSPS) is 15.7. The number of anilines is 5. The second-order valence-electron chi connectivity index (χ2n) is 26.8. The Morgan fingerprint density at radius 1 is 0.390 bits per heavy atom. The smallest absolute Gasteiger partial charge is 0.396 e. The average Bonchev–Trinajstić information content (AvgIpc) is 0.664. The van der Waals surface area contributed by atoms with Crippen LogP contribution < -0.4 is 74.9 Å². The molecule has 12 heterocycles. The van der Waals surface area contributed by atoms with E-state index < -0.39 is 25.0 Å². The van der Waals surface area contributed by atoms with Gasteiger partial charge >= 0.3 is 34.2 Å². The molecular formula is C83H98B5N12+5. The molecule has 0 N–H and O–H groups in total. The lowest BCUT2D eigenvalue weighted by molar-refractivity contribution is -0.654. The average molecular weight is 1320 g/mol. The quantitative estimate of drug-likeness (QED) is 0.106. The summed E-state index contributed by atoms with van der Waals surface area (Å²) in [6, 6.07) is 55.4. The molecule has 15 rings (SSSR count). The number of hydrogen-bond donors (Lipinski definition) is 0. The minimum atomic E-state index is -2.38. The zero-order valence-corrected chi connectivity index (χ0v) is 60.8. The molecule has 1 atom stereocenters. The molecule has 10 aromatic rings. The lowest BCUT2D eigenvalue weighted by Gasteiger charge is -2.28. The molecule has 17 heteroatoms. The molecule has 0 fully saturated rings. The van der Waals surface area contributed by atoms with Crippen LogP contribution in [0.3, 0.4) is 0 Å². The summed E-state index contributed by atoms with van der Waals surface area (Å²) in [5.41, 5.74) is 19.9. The summed E-state index contributed by atoms with van der Waals surface area (Å²) in [5.74, 6) is 8.65. The topological polar surface area (TPSA) is 61.4 Å². The number of benzene rings is 3. The van der Waals surface area contributed by atoms with Gasteiger partial charge in [-0.25, -0.2) is 22.8 Å². The Balaban J connectivity index is 0.000000134. The van der Waals surface area contributed by atoms with Crippen molar-refractivity contribution in [2.45, 2.75) is 59.6 Å². The monoisotopic (exact) mass is 1320 g/mol. The summed E-state index contributed by atoms with van der Waals surface area (Å²) >= 11 is 0. The summed E-state index contributed by atoms with van der Waals surface area (Å²) < 4.78 is 67.1. The van der Waals surface area contributed by atoms with Gasteiger partial charge in [-0.1, -0.05) is 162 Å². The molecule has 0 aliphatic carbocycles. The van der Waals surface area contributed by atoms with Gasteiger partial charge in [-0.3, -0.25) is 9.97 Å². The van der Waals surface area contributed by atoms with Crippen molar-refractivity contribution in [1.82, 2.24) is 9.97 Å². The Bertz CT molecular complexity index is 4900. The number of para-hydroxylation sites is 3. The maximum atomic E-state index is 8.40. The van der Waals surface area contributed by atoms with Crippen molar-refractivity contribution < 1.29 is 32.4 Å². The van der Waals surface area contributed by atoms with Crippen molar-refractivity contribution in [3.8, 4) is 0 Å². The van der Waals surface area contributed by atoms with E-state index in [1.54, 1.807) is 6.07 Å². The molecule has 0 saturated carbocycles. The van der Waals surface area contributed by atoms with E-state index in [1.807, 2.05) is 139 Å². The highest BCUT2D eigenvalue weighted by molar-refractivity contribution is 6.83. The van der Waals surface area contributed by atoms with Gasteiger partial charge in [0, 0.05) is 105 Å². The Morgan fingerprint density at radius 3 is 1.23 bits per heavy atom. The largest absolute Gasteiger partial charge is 0.405 e. The SMILES string of the molecule is CN1B(c2cccc[n+]2C)C=Cc2cnccc21.CN1B(c2cccc[n+]2C)C=Cc2ncccc21.[2H]C(C)(C)c1cc[n+](C)c(B2C=Cc3ccccc3N2C)c1.[2H]C([2H])([2H])C([2H])(C)c1cc[n+](C)c(B2C=Cc3ccccc3N2C)c1.[2H]C([2H])(c1cc[n+](C)c(B2C=Cc3ccccc3N2C)c1)C(C)C. The fraction of sp³-hybridized carbons (Fsp3) is 0.241. The van der Waals surface area contributed by atoms with E-state index in [2.05, 4.69) is 284 Å². The third-order valence-electron chi connectivity index (χ3n) is 19.4. The third-order valence-corrected chi connectivity index (χ3v) is 19.4. The number of rotatable bonds is 9. The van der Waals surface area contributed by atoms with Crippen LogP contribution in [0, 0.1) is 5.92 Å². The summed E-state index contributed by atoms with van der Waals surface area (Å²) in [4.78, 5) is 19.8. The van der Waals surface area contributed by atoms with E-state index in [1.165, 1.54) is 63.1 Å². The molecule has 500 valence electrons. The first-order valence-electron chi connectivity index (χ1n) is 38.0. The summed E-state index contributed by atoms with van der Waals surface area (Å²) in [6.45, 7) is 7.57. The molecule has 100 heavy (non-hydrogen) atoms. The molecule has 0 saturated heterocycles. The fourth-order valence-electron chi connectivity index (χ4n) is 13.7. The number of aromatic nitrogens is 7. The van der Waals surface area contributed by atoms with Gasteiger partial charge in [0.1, 0.15) is 35.2 Å². The van der Waals surface area contributed by atoms with Crippen molar-refractivity contribution in [3.63, 3.8) is 0 Å². The molecule has 1 unspecified atom stereocenters. The van der Waals surface area contributed by atoms with Crippen LogP contribution in [-0.2, 0) is 41.6 Å². The molecule has 3 aromatic carbocycles. The maximum Gasteiger partial charge on any atom is 0.396 e. The van der Waals surface area contributed by atoms with Gasteiger partial charge in [0.05, 0.1) is 11.4 Å². The Labute approximate surface area is 608 Å². The van der Waals surface area contributed by atoms with Gasteiger partial charge < -0.3 is 24.1 Å². The molecule has 0 amide bonds. The molecule has 0 radical (unpaired) electrons.